The number of amides is 1. The predicted molar refractivity (Wildman–Crippen MR) is 103 cm³/mol. The fraction of sp³-hybridized carbons (Fsp3) is 0.500. The number of carbonyl (C=O) groups excluding carboxylic acids is 1. The van der Waals surface area contributed by atoms with Crippen molar-refractivity contribution >= 4 is 29.3 Å². The summed E-state index contributed by atoms with van der Waals surface area (Å²) >= 11 is 7.54. The predicted octanol–water partition coefficient (Wildman–Crippen LogP) is 3.25. The number of ether oxygens (including phenoxy) is 1. The van der Waals surface area contributed by atoms with Crippen LogP contribution in [0.15, 0.2) is 29.7 Å². The van der Waals surface area contributed by atoms with Crippen molar-refractivity contribution in [2.45, 2.75) is 31.3 Å². The molecule has 0 spiro atoms. The van der Waals surface area contributed by atoms with Gasteiger partial charge in [-0.1, -0.05) is 29.4 Å². The second-order valence-electron chi connectivity index (χ2n) is 6.43. The molecule has 0 unspecified atom stereocenters. The molecule has 0 radical (unpaired) electrons. The van der Waals surface area contributed by atoms with Crippen LogP contribution in [0.1, 0.15) is 24.8 Å². The molecule has 6 nitrogen and oxygen atoms in total. The van der Waals surface area contributed by atoms with Crippen molar-refractivity contribution in [1.29, 1.82) is 0 Å². The number of hydrogen-bond donors (Lipinski definition) is 1. The first-order valence-corrected chi connectivity index (χ1v) is 10.1. The summed E-state index contributed by atoms with van der Waals surface area (Å²) in [5, 5.41) is 12.3. The zero-order valence-corrected chi connectivity index (χ0v) is 16.4. The number of rotatable bonds is 10. The van der Waals surface area contributed by atoms with Crippen LogP contribution in [0.5, 0.6) is 0 Å². The molecule has 0 saturated heterocycles. The van der Waals surface area contributed by atoms with Crippen LogP contribution in [0.4, 0.5) is 0 Å². The van der Waals surface area contributed by atoms with E-state index in [2.05, 4.69) is 15.5 Å². The molecule has 1 aromatic heterocycles. The highest BCUT2D eigenvalue weighted by molar-refractivity contribution is 7.99. The lowest BCUT2D eigenvalue weighted by atomic mass is 10.2. The summed E-state index contributed by atoms with van der Waals surface area (Å²) in [5.41, 5.74) is 1.89. The van der Waals surface area contributed by atoms with Crippen molar-refractivity contribution in [2.24, 2.45) is 5.92 Å². The Labute approximate surface area is 162 Å². The molecule has 1 aliphatic carbocycles. The number of thioether (sulfide) groups is 1. The highest BCUT2D eigenvalue weighted by atomic mass is 35.5. The monoisotopic (exact) mass is 394 g/mol. The molecule has 0 atom stereocenters. The van der Waals surface area contributed by atoms with Crippen LogP contribution < -0.4 is 5.32 Å². The lowest BCUT2D eigenvalue weighted by Gasteiger charge is -2.08. The largest absolute Gasteiger partial charge is 0.381 e. The third-order valence-electron chi connectivity index (χ3n) is 4.12. The number of hydrogen-bond acceptors (Lipinski definition) is 5. The first-order chi connectivity index (χ1) is 12.6. The minimum absolute atomic E-state index is 0.0197. The van der Waals surface area contributed by atoms with Gasteiger partial charge in [0.05, 0.1) is 11.4 Å². The molecule has 1 heterocycles. The maximum atomic E-state index is 12.0. The van der Waals surface area contributed by atoms with Gasteiger partial charge in [-0.2, -0.15) is 0 Å². The Hall–Kier alpha value is -1.57. The van der Waals surface area contributed by atoms with Gasteiger partial charge in [0, 0.05) is 24.8 Å². The molecule has 2 aromatic rings. The summed E-state index contributed by atoms with van der Waals surface area (Å²) < 4.78 is 7.38. The van der Waals surface area contributed by atoms with Crippen molar-refractivity contribution < 1.29 is 9.53 Å². The molecule has 1 amide bonds. The van der Waals surface area contributed by atoms with E-state index in [9.17, 15) is 4.79 Å². The van der Waals surface area contributed by atoms with Gasteiger partial charge < -0.3 is 10.1 Å². The summed E-state index contributed by atoms with van der Waals surface area (Å²) in [6.45, 7) is 4.15. The first kappa shape index (κ1) is 19.2. The lowest BCUT2D eigenvalue weighted by molar-refractivity contribution is -0.118. The third-order valence-corrected chi connectivity index (χ3v) is 5.47. The van der Waals surface area contributed by atoms with Gasteiger partial charge in [-0.3, -0.25) is 9.36 Å². The molecule has 1 aliphatic rings. The number of nitrogens with zero attached hydrogens (tertiary/aromatic N) is 3. The van der Waals surface area contributed by atoms with E-state index in [0.29, 0.717) is 29.1 Å². The summed E-state index contributed by atoms with van der Waals surface area (Å²) in [4.78, 5) is 12.0. The van der Waals surface area contributed by atoms with Crippen LogP contribution in [0.25, 0.3) is 5.69 Å². The van der Waals surface area contributed by atoms with Gasteiger partial charge >= 0.3 is 0 Å². The molecule has 0 bridgehead atoms. The van der Waals surface area contributed by atoms with E-state index in [0.717, 1.165) is 30.2 Å². The second kappa shape index (κ2) is 9.39. The zero-order valence-electron chi connectivity index (χ0n) is 14.8. The van der Waals surface area contributed by atoms with Crippen LogP contribution in [0, 0.1) is 12.8 Å². The van der Waals surface area contributed by atoms with Gasteiger partial charge in [0.15, 0.2) is 5.16 Å². The minimum atomic E-state index is -0.0197. The number of nitrogens with one attached hydrogen (secondary N) is 1. The Bertz CT molecular complexity index is 749. The average Bonchev–Trinajstić information content (AvgIpc) is 3.34. The van der Waals surface area contributed by atoms with Gasteiger partial charge in [-0.15, -0.1) is 10.2 Å². The van der Waals surface area contributed by atoms with Crippen molar-refractivity contribution in [3.63, 3.8) is 0 Å². The molecule has 1 fully saturated rings. The smallest absolute Gasteiger partial charge is 0.230 e. The van der Waals surface area contributed by atoms with Crippen LogP contribution in [-0.4, -0.2) is 46.2 Å². The third kappa shape index (κ3) is 5.72. The summed E-state index contributed by atoms with van der Waals surface area (Å²) in [7, 11) is 0. The maximum Gasteiger partial charge on any atom is 0.230 e. The van der Waals surface area contributed by atoms with Crippen LogP contribution in [0.2, 0.25) is 5.02 Å². The minimum Gasteiger partial charge on any atom is -0.381 e. The highest BCUT2D eigenvalue weighted by Gasteiger charge is 2.20. The highest BCUT2D eigenvalue weighted by Crippen LogP contribution is 2.28. The number of halogens is 1. The topological polar surface area (TPSA) is 69.0 Å². The average molecular weight is 395 g/mol. The number of carbonyl (C=O) groups is 1. The van der Waals surface area contributed by atoms with E-state index in [4.69, 9.17) is 16.3 Å². The molecule has 140 valence electrons. The van der Waals surface area contributed by atoms with Crippen molar-refractivity contribution in [3.8, 4) is 5.69 Å². The second-order valence-corrected chi connectivity index (χ2v) is 7.78. The molecule has 8 heteroatoms. The van der Waals surface area contributed by atoms with E-state index in [-0.39, 0.29) is 5.91 Å². The van der Waals surface area contributed by atoms with Gasteiger partial charge in [0.1, 0.15) is 6.33 Å². The van der Waals surface area contributed by atoms with E-state index in [1.54, 1.807) is 6.33 Å². The molecule has 3 rings (SSSR count). The van der Waals surface area contributed by atoms with Crippen LogP contribution in [-0.2, 0) is 9.53 Å². The van der Waals surface area contributed by atoms with E-state index >= 15 is 0 Å². The first-order valence-electron chi connectivity index (χ1n) is 8.77. The van der Waals surface area contributed by atoms with Gasteiger partial charge in [-0.05, 0) is 49.8 Å². The zero-order chi connectivity index (χ0) is 18.4. The summed E-state index contributed by atoms with van der Waals surface area (Å²) in [5.74, 6) is 1.05. The number of benzene rings is 1. The Morgan fingerprint density at radius 1 is 1.46 bits per heavy atom. The molecule has 1 saturated carbocycles. The van der Waals surface area contributed by atoms with Crippen LogP contribution >= 0.6 is 23.4 Å². The quantitative estimate of drug-likeness (QED) is 0.494. The fourth-order valence-corrected chi connectivity index (χ4v) is 3.28. The summed E-state index contributed by atoms with van der Waals surface area (Å²) in [6.07, 6.45) is 5.06. The van der Waals surface area contributed by atoms with Crippen molar-refractivity contribution in [3.05, 3.63) is 35.1 Å². The van der Waals surface area contributed by atoms with Crippen LogP contribution in [0.3, 0.4) is 0 Å². The fourth-order valence-electron chi connectivity index (χ4n) is 2.35. The SMILES string of the molecule is Cc1ccc(-n2cnnc2SCC(=O)NCCCOCC2CC2)cc1Cl. The molecule has 26 heavy (non-hydrogen) atoms. The van der Waals surface area contributed by atoms with Gasteiger partial charge in [-0.25, -0.2) is 0 Å². The maximum absolute atomic E-state index is 12.0. The molecule has 1 N–H and O–H groups in total. The van der Waals surface area contributed by atoms with E-state index in [1.165, 1.54) is 24.6 Å². The van der Waals surface area contributed by atoms with Crippen molar-refractivity contribution in [2.75, 3.05) is 25.5 Å². The molecular formula is C18H23ClN4O2S. The Balaban J connectivity index is 1.40. The molecule has 0 aliphatic heterocycles. The van der Waals surface area contributed by atoms with Gasteiger partial charge in [0.2, 0.25) is 5.91 Å². The van der Waals surface area contributed by atoms with E-state index in [1.807, 2.05) is 29.7 Å². The summed E-state index contributed by atoms with van der Waals surface area (Å²) in [6, 6.07) is 5.77. The Morgan fingerprint density at radius 3 is 3.08 bits per heavy atom. The standard InChI is InChI=1S/C18H23ClN4O2S/c1-13-3-6-15(9-16(13)19)23-12-21-22-18(23)26-11-17(24)20-7-2-8-25-10-14-4-5-14/h3,6,9,12,14H,2,4-5,7-8,10-11H2,1H3,(H,20,24). The normalized spacial score (nSPS) is 13.8. The Kier molecular flexibility index (Phi) is 6.93. The molecule has 1 aromatic carbocycles. The van der Waals surface area contributed by atoms with E-state index < -0.39 is 0 Å². The van der Waals surface area contributed by atoms with Crippen molar-refractivity contribution in [1.82, 2.24) is 20.1 Å². The number of aryl methyl sites for hydroxylation is 1. The Morgan fingerprint density at radius 2 is 2.31 bits per heavy atom. The van der Waals surface area contributed by atoms with Gasteiger partial charge in [0.25, 0.3) is 0 Å². The number of aromatic nitrogens is 3. The lowest BCUT2D eigenvalue weighted by Crippen LogP contribution is -2.27. The molecular weight excluding hydrogens is 372 g/mol.